The first kappa shape index (κ1) is 29.9. The third-order valence-electron chi connectivity index (χ3n) is 8.50. The molecule has 8 heteroatoms. The van der Waals surface area contributed by atoms with E-state index in [9.17, 15) is 14.4 Å². The number of benzene rings is 3. The van der Waals surface area contributed by atoms with E-state index in [2.05, 4.69) is 20.9 Å². The number of hydrogen-bond acceptors (Lipinski definition) is 4. The first-order chi connectivity index (χ1) is 20.9. The number of aryl methyl sites for hydroxylation is 1. The molecule has 0 radical (unpaired) electrons. The summed E-state index contributed by atoms with van der Waals surface area (Å²) in [4.78, 5) is 44.3. The predicted molar refractivity (Wildman–Crippen MR) is 167 cm³/mol. The highest BCUT2D eigenvalue weighted by molar-refractivity contribution is 5.96. The minimum absolute atomic E-state index is 0.0958. The number of fused-ring (bicyclic) bond motifs is 3. The van der Waals surface area contributed by atoms with E-state index in [1.807, 2.05) is 98.8 Å². The van der Waals surface area contributed by atoms with Gasteiger partial charge in [-0.2, -0.15) is 0 Å². The molecule has 1 aliphatic carbocycles. The molecule has 0 spiro atoms. The summed E-state index contributed by atoms with van der Waals surface area (Å²) in [6.45, 7) is 4.42. The number of amides is 3. The van der Waals surface area contributed by atoms with Crippen LogP contribution in [0.1, 0.15) is 49.1 Å². The number of alkyl carbamates (subject to hydrolysis) is 1. The van der Waals surface area contributed by atoms with Gasteiger partial charge >= 0.3 is 6.09 Å². The van der Waals surface area contributed by atoms with Crippen molar-refractivity contribution in [1.82, 2.24) is 20.9 Å². The number of carbonyl (C=O) groups is 3. The monoisotopic (exact) mass is 580 g/mol. The normalized spacial score (nSPS) is 17.3. The molecule has 1 aliphatic rings. The van der Waals surface area contributed by atoms with Crippen LogP contribution in [0.15, 0.2) is 84.9 Å². The van der Waals surface area contributed by atoms with Gasteiger partial charge in [0.05, 0.1) is 0 Å². The van der Waals surface area contributed by atoms with Gasteiger partial charge in [0.2, 0.25) is 11.8 Å². The molecule has 8 nitrogen and oxygen atoms in total. The van der Waals surface area contributed by atoms with Crippen molar-refractivity contribution in [3.8, 4) is 0 Å². The maximum Gasteiger partial charge on any atom is 0.408 e. The number of carbonyl (C=O) groups excluding carboxylic acids is 3. The quantitative estimate of drug-likeness (QED) is 0.195. The average Bonchev–Trinajstić information content (AvgIpc) is 3.41. The highest BCUT2D eigenvalue weighted by Gasteiger charge is 2.45. The fraction of sp³-hybridized carbons (Fsp3) is 0.343. The lowest BCUT2D eigenvalue weighted by Gasteiger charge is -2.38. The molecule has 4 N–H and O–H groups in total. The Balaban J connectivity index is 1.35. The SMILES string of the molecule is CC[C@H](C)[C@H](NC(=O)OCc1ccccc1)C(=O)N[C@]1(C(=O)NCCc2ccccc2)CCc2[nH]c3ccccc3c2C1. The highest BCUT2D eigenvalue weighted by atomic mass is 16.5. The van der Waals surface area contributed by atoms with Crippen molar-refractivity contribution in [1.29, 1.82) is 0 Å². The van der Waals surface area contributed by atoms with E-state index in [4.69, 9.17) is 4.74 Å². The van der Waals surface area contributed by atoms with Crippen LogP contribution in [0.4, 0.5) is 4.79 Å². The maximum atomic E-state index is 14.0. The van der Waals surface area contributed by atoms with Crippen LogP contribution in [-0.4, -0.2) is 41.0 Å². The number of nitrogens with one attached hydrogen (secondary N) is 4. The predicted octanol–water partition coefficient (Wildman–Crippen LogP) is 5.21. The summed E-state index contributed by atoms with van der Waals surface area (Å²) in [5.74, 6) is -0.801. The molecule has 0 saturated carbocycles. The zero-order valence-corrected chi connectivity index (χ0v) is 24.8. The number of para-hydroxylation sites is 1. The minimum atomic E-state index is -1.17. The van der Waals surface area contributed by atoms with Crippen molar-refractivity contribution in [3.05, 3.63) is 107 Å². The largest absolute Gasteiger partial charge is 0.445 e. The van der Waals surface area contributed by atoms with Crippen molar-refractivity contribution >= 4 is 28.8 Å². The Morgan fingerprint density at radius 1 is 0.930 bits per heavy atom. The van der Waals surface area contributed by atoms with Gasteiger partial charge in [-0.25, -0.2) is 4.79 Å². The molecule has 3 atom stereocenters. The fourth-order valence-electron chi connectivity index (χ4n) is 5.80. The topological polar surface area (TPSA) is 112 Å². The minimum Gasteiger partial charge on any atom is -0.445 e. The number of hydrogen-bond donors (Lipinski definition) is 4. The van der Waals surface area contributed by atoms with Crippen LogP contribution in [0.25, 0.3) is 10.9 Å². The van der Waals surface area contributed by atoms with E-state index in [0.29, 0.717) is 38.6 Å². The van der Waals surface area contributed by atoms with Gasteiger partial charge in [0.25, 0.3) is 0 Å². The molecule has 0 saturated heterocycles. The molecule has 1 heterocycles. The Hall–Kier alpha value is -4.59. The Bertz CT molecular complexity index is 1550. The molecule has 1 aromatic heterocycles. The molecule has 3 amide bonds. The molecule has 0 unspecified atom stereocenters. The summed E-state index contributed by atoms with van der Waals surface area (Å²) in [6, 6.07) is 26.5. The first-order valence-electron chi connectivity index (χ1n) is 15.1. The van der Waals surface area contributed by atoms with E-state index < -0.39 is 23.6 Å². The number of H-pyrrole nitrogens is 1. The zero-order chi connectivity index (χ0) is 30.2. The second-order valence-electron chi connectivity index (χ2n) is 11.4. The molecule has 0 bridgehead atoms. The van der Waals surface area contributed by atoms with Gasteiger partial charge < -0.3 is 25.7 Å². The van der Waals surface area contributed by atoms with Gasteiger partial charge in [0, 0.05) is 29.6 Å². The highest BCUT2D eigenvalue weighted by Crippen LogP contribution is 2.34. The molecule has 5 rings (SSSR count). The number of aromatic amines is 1. The Morgan fingerprint density at radius 2 is 1.60 bits per heavy atom. The molecule has 0 aliphatic heterocycles. The van der Waals surface area contributed by atoms with Crippen LogP contribution in [0, 0.1) is 5.92 Å². The molecule has 4 aromatic rings. The second kappa shape index (κ2) is 13.6. The fourth-order valence-corrected chi connectivity index (χ4v) is 5.80. The van der Waals surface area contributed by atoms with Crippen molar-refractivity contribution in [2.45, 2.75) is 64.1 Å². The smallest absolute Gasteiger partial charge is 0.408 e. The van der Waals surface area contributed by atoms with Crippen molar-refractivity contribution < 1.29 is 19.1 Å². The summed E-state index contributed by atoms with van der Waals surface area (Å²) in [7, 11) is 0. The van der Waals surface area contributed by atoms with Crippen LogP contribution in [0.2, 0.25) is 0 Å². The standard InChI is InChI=1S/C35H40N4O4/c1-3-24(2)31(38-34(42)43-23-26-14-8-5-9-15-26)32(40)39-35(33(41)36-21-19-25-12-6-4-7-13-25)20-18-30-28(22-35)27-16-10-11-17-29(27)37-30/h4-17,24,31,37H,3,18-23H2,1-2H3,(H,36,41)(H,38,42)(H,39,40)/t24-,31-,35+/m0/s1. The zero-order valence-electron chi connectivity index (χ0n) is 24.8. The van der Waals surface area contributed by atoms with Gasteiger partial charge in [0.15, 0.2) is 0 Å². The van der Waals surface area contributed by atoms with Gasteiger partial charge in [0.1, 0.15) is 18.2 Å². The number of rotatable bonds is 11. The average molecular weight is 581 g/mol. The Labute approximate surface area is 252 Å². The molecular weight excluding hydrogens is 540 g/mol. The lowest BCUT2D eigenvalue weighted by atomic mass is 9.78. The van der Waals surface area contributed by atoms with E-state index in [1.54, 1.807) is 0 Å². The van der Waals surface area contributed by atoms with Crippen LogP contribution < -0.4 is 16.0 Å². The van der Waals surface area contributed by atoms with E-state index >= 15 is 0 Å². The molecule has 43 heavy (non-hydrogen) atoms. The van der Waals surface area contributed by atoms with Gasteiger partial charge in [-0.05, 0) is 47.9 Å². The van der Waals surface area contributed by atoms with Crippen molar-refractivity contribution in [3.63, 3.8) is 0 Å². The lowest BCUT2D eigenvalue weighted by Crippen LogP contribution is -2.65. The van der Waals surface area contributed by atoms with Crippen LogP contribution >= 0.6 is 0 Å². The molecule has 3 aromatic carbocycles. The molecule has 224 valence electrons. The molecule has 0 fully saturated rings. The summed E-state index contributed by atoms with van der Waals surface area (Å²) in [5.41, 5.74) is 3.94. The van der Waals surface area contributed by atoms with Crippen LogP contribution in [0.3, 0.4) is 0 Å². The maximum absolute atomic E-state index is 14.0. The van der Waals surface area contributed by atoms with E-state index in [0.717, 1.165) is 33.3 Å². The van der Waals surface area contributed by atoms with Gasteiger partial charge in [-0.3, -0.25) is 9.59 Å². The summed E-state index contributed by atoms with van der Waals surface area (Å²) in [6.07, 6.45) is 2.05. The Kier molecular flexibility index (Phi) is 9.45. The third-order valence-corrected chi connectivity index (χ3v) is 8.50. The van der Waals surface area contributed by atoms with E-state index in [1.165, 1.54) is 0 Å². The van der Waals surface area contributed by atoms with Crippen molar-refractivity contribution in [2.24, 2.45) is 5.92 Å². The third kappa shape index (κ3) is 7.08. The Morgan fingerprint density at radius 3 is 2.33 bits per heavy atom. The second-order valence-corrected chi connectivity index (χ2v) is 11.4. The number of ether oxygens (including phenoxy) is 1. The van der Waals surface area contributed by atoms with E-state index in [-0.39, 0.29) is 18.4 Å². The first-order valence-corrected chi connectivity index (χ1v) is 15.1. The molecular formula is C35H40N4O4. The van der Waals surface area contributed by atoms with Crippen molar-refractivity contribution in [2.75, 3.05) is 6.54 Å². The summed E-state index contributed by atoms with van der Waals surface area (Å²) < 4.78 is 5.43. The number of aromatic nitrogens is 1. The summed E-state index contributed by atoms with van der Waals surface area (Å²) >= 11 is 0. The summed E-state index contributed by atoms with van der Waals surface area (Å²) in [5, 5.41) is 10.1. The van der Waals surface area contributed by atoms with Gasteiger partial charge in [-0.1, -0.05) is 99.1 Å². The van der Waals surface area contributed by atoms with Crippen LogP contribution in [0.5, 0.6) is 0 Å². The van der Waals surface area contributed by atoms with Crippen LogP contribution in [-0.2, 0) is 40.2 Å². The van der Waals surface area contributed by atoms with Gasteiger partial charge in [-0.15, -0.1) is 0 Å². The lowest BCUT2D eigenvalue weighted by molar-refractivity contribution is -0.135.